The fourth-order valence-corrected chi connectivity index (χ4v) is 2.22. The van der Waals surface area contributed by atoms with Crippen LogP contribution >= 0.6 is 39.7 Å². The van der Waals surface area contributed by atoms with E-state index in [9.17, 15) is 9.59 Å². The lowest BCUT2D eigenvalue weighted by Crippen LogP contribution is -2.44. The number of hydrogen-bond acceptors (Lipinski definition) is 4. The number of nitrogens with one attached hydrogen (secondary N) is 3. The molecule has 0 atom stereocenters. The maximum Gasteiger partial charge on any atom is 0.325 e. The number of halogens is 2. The minimum absolute atomic E-state index is 0.123. The highest BCUT2D eigenvalue weighted by atomic mass is 79.9. The molecule has 0 radical (unpaired) electrons. The second-order valence-electron chi connectivity index (χ2n) is 4.22. The maximum atomic E-state index is 11.9. The van der Waals surface area contributed by atoms with Crippen molar-refractivity contribution in [3.8, 4) is 0 Å². The van der Waals surface area contributed by atoms with Crippen molar-refractivity contribution in [1.29, 1.82) is 0 Å². The Bertz CT molecular complexity index is 758. The Labute approximate surface area is 150 Å². The number of thiocarbonyl (C=S) groups is 1. The highest BCUT2D eigenvalue weighted by molar-refractivity contribution is 9.10. The molecule has 1 aromatic heterocycles. The molecule has 0 saturated heterocycles. The van der Waals surface area contributed by atoms with Crippen LogP contribution in [0, 0.1) is 0 Å². The van der Waals surface area contributed by atoms with Gasteiger partial charge < -0.3 is 5.32 Å². The monoisotopic (exact) mass is 412 g/mol. The van der Waals surface area contributed by atoms with Crippen LogP contribution in [0.2, 0.25) is 5.02 Å². The molecule has 0 aliphatic carbocycles. The van der Waals surface area contributed by atoms with Crippen LogP contribution in [0.25, 0.3) is 0 Å². The number of pyridine rings is 1. The minimum Gasteiger partial charge on any atom is -0.305 e. The molecule has 0 spiro atoms. The summed E-state index contributed by atoms with van der Waals surface area (Å²) in [5, 5.41) is 7.49. The summed E-state index contributed by atoms with van der Waals surface area (Å²) in [6.07, 6.45) is 1.43. The molecule has 3 amide bonds. The van der Waals surface area contributed by atoms with Gasteiger partial charge in [-0.3, -0.25) is 15.4 Å². The van der Waals surface area contributed by atoms with E-state index in [4.69, 9.17) is 23.8 Å². The molecule has 6 nitrogen and oxygen atoms in total. The molecule has 0 bridgehead atoms. The first-order chi connectivity index (χ1) is 11.0. The second-order valence-corrected chi connectivity index (χ2v) is 5.82. The van der Waals surface area contributed by atoms with Gasteiger partial charge in [-0.1, -0.05) is 29.8 Å². The Morgan fingerprint density at radius 2 is 1.87 bits per heavy atom. The summed E-state index contributed by atoms with van der Waals surface area (Å²) in [4.78, 5) is 27.7. The molecular weight excluding hydrogens is 404 g/mol. The van der Waals surface area contributed by atoms with E-state index in [2.05, 4.69) is 36.9 Å². The van der Waals surface area contributed by atoms with Crippen LogP contribution in [-0.4, -0.2) is 22.0 Å². The van der Waals surface area contributed by atoms with Crippen LogP contribution in [0.3, 0.4) is 0 Å². The van der Waals surface area contributed by atoms with Gasteiger partial charge in [0, 0.05) is 11.8 Å². The molecule has 0 aliphatic heterocycles. The van der Waals surface area contributed by atoms with E-state index in [0.29, 0.717) is 20.9 Å². The summed E-state index contributed by atoms with van der Waals surface area (Å²) < 4.78 is 0.413. The number of aromatic nitrogens is 1. The molecule has 1 aromatic carbocycles. The quantitative estimate of drug-likeness (QED) is 0.521. The van der Waals surface area contributed by atoms with E-state index in [1.165, 1.54) is 12.3 Å². The van der Waals surface area contributed by atoms with E-state index < -0.39 is 11.9 Å². The standard InChI is InChI=1S/C14H10BrClN4O2S/c15-11-10(6-9(16)7-17-11)18-13(22)20-14(23)19-12(21)8-4-2-1-3-5-8/h1-7H,(H3,18,19,20,21,22,23). The lowest BCUT2D eigenvalue weighted by molar-refractivity contribution is 0.0977. The van der Waals surface area contributed by atoms with Crippen LogP contribution in [-0.2, 0) is 0 Å². The molecule has 0 unspecified atom stereocenters. The van der Waals surface area contributed by atoms with Gasteiger partial charge >= 0.3 is 6.03 Å². The molecule has 2 aromatic rings. The molecule has 23 heavy (non-hydrogen) atoms. The topological polar surface area (TPSA) is 83.1 Å². The summed E-state index contributed by atoms with van der Waals surface area (Å²) in [5.74, 6) is -0.415. The zero-order valence-electron chi connectivity index (χ0n) is 11.5. The minimum atomic E-state index is -0.631. The van der Waals surface area contributed by atoms with Gasteiger partial charge in [0.1, 0.15) is 4.60 Å². The SMILES string of the molecule is O=C(NC(=S)NC(=O)c1ccccc1)Nc1cc(Cl)cnc1Br. The largest absolute Gasteiger partial charge is 0.325 e. The number of amides is 3. The predicted molar refractivity (Wildman–Crippen MR) is 95.6 cm³/mol. The first-order valence-corrected chi connectivity index (χ1v) is 7.83. The molecule has 1 heterocycles. The van der Waals surface area contributed by atoms with E-state index in [1.807, 2.05) is 0 Å². The van der Waals surface area contributed by atoms with E-state index in [1.54, 1.807) is 30.3 Å². The van der Waals surface area contributed by atoms with Crippen molar-refractivity contribution in [1.82, 2.24) is 15.6 Å². The van der Waals surface area contributed by atoms with Gasteiger partial charge in [0.05, 0.1) is 10.7 Å². The van der Waals surface area contributed by atoms with Crippen molar-refractivity contribution in [3.63, 3.8) is 0 Å². The van der Waals surface area contributed by atoms with Gasteiger partial charge in [-0.15, -0.1) is 0 Å². The first-order valence-electron chi connectivity index (χ1n) is 6.25. The molecule has 0 aliphatic rings. The smallest absolute Gasteiger partial charge is 0.305 e. The average molecular weight is 414 g/mol. The lowest BCUT2D eigenvalue weighted by Gasteiger charge is -2.10. The summed E-state index contributed by atoms with van der Waals surface area (Å²) in [6.45, 7) is 0. The summed E-state index contributed by atoms with van der Waals surface area (Å²) >= 11 is 13.9. The predicted octanol–water partition coefficient (Wildman–Crippen LogP) is 3.33. The van der Waals surface area contributed by atoms with E-state index in [0.717, 1.165) is 0 Å². The third kappa shape index (κ3) is 5.27. The van der Waals surface area contributed by atoms with Gasteiger partial charge in [-0.05, 0) is 46.3 Å². The fourth-order valence-electron chi connectivity index (χ4n) is 1.56. The Morgan fingerprint density at radius 3 is 2.57 bits per heavy atom. The average Bonchev–Trinajstić information content (AvgIpc) is 2.51. The number of rotatable bonds is 2. The zero-order valence-corrected chi connectivity index (χ0v) is 14.6. The van der Waals surface area contributed by atoms with Crippen LogP contribution < -0.4 is 16.0 Å². The molecule has 0 fully saturated rings. The van der Waals surface area contributed by atoms with E-state index >= 15 is 0 Å². The van der Waals surface area contributed by atoms with Gasteiger partial charge in [0.2, 0.25) is 0 Å². The molecule has 9 heteroatoms. The van der Waals surface area contributed by atoms with Gasteiger partial charge in [0.25, 0.3) is 5.91 Å². The van der Waals surface area contributed by atoms with Crippen molar-refractivity contribution in [2.75, 3.05) is 5.32 Å². The van der Waals surface area contributed by atoms with Crippen molar-refractivity contribution >= 4 is 62.5 Å². The highest BCUT2D eigenvalue weighted by Gasteiger charge is 2.11. The number of carbonyl (C=O) groups excluding carboxylic acids is 2. The van der Waals surface area contributed by atoms with Gasteiger partial charge in [0.15, 0.2) is 5.11 Å². The van der Waals surface area contributed by atoms with Crippen molar-refractivity contribution in [2.45, 2.75) is 0 Å². The molecule has 118 valence electrons. The number of urea groups is 1. The Hall–Kier alpha value is -2.03. The number of benzene rings is 1. The number of hydrogen-bond donors (Lipinski definition) is 3. The summed E-state index contributed by atoms with van der Waals surface area (Å²) in [5.41, 5.74) is 0.797. The third-order valence-corrected chi connectivity index (χ3v) is 3.59. The molecular formula is C14H10BrClN4O2S. The molecule has 3 N–H and O–H groups in total. The van der Waals surface area contributed by atoms with Crippen LogP contribution in [0.4, 0.5) is 10.5 Å². The lowest BCUT2D eigenvalue weighted by atomic mass is 10.2. The van der Waals surface area contributed by atoms with Crippen molar-refractivity contribution < 1.29 is 9.59 Å². The molecule has 2 rings (SSSR count). The summed E-state index contributed by atoms with van der Waals surface area (Å²) in [7, 11) is 0. The highest BCUT2D eigenvalue weighted by Crippen LogP contribution is 2.22. The Balaban J connectivity index is 1.91. The summed E-state index contributed by atoms with van der Waals surface area (Å²) in [6, 6.07) is 9.39. The van der Waals surface area contributed by atoms with Crippen LogP contribution in [0.15, 0.2) is 47.2 Å². The van der Waals surface area contributed by atoms with Crippen LogP contribution in [0.5, 0.6) is 0 Å². The van der Waals surface area contributed by atoms with E-state index in [-0.39, 0.29) is 5.11 Å². The van der Waals surface area contributed by atoms with Crippen molar-refractivity contribution in [3.05, 3.63) is 57.8 Å². The third-order valence-electron chi connectivity index (χ3n) is 2.54. The number of carbonyl (C=O) groups is 2. The number of nitrogens with zero attached hydrogens (tertiary/aromatic N) is 1. The second kappa shape index (κ2) is 8.00. The van der Waals surface area contributed by atoms with Crippen molar-refractivity contribution in [2.24, 2.45) is 0 Å². The number of anilines is 1. The normalized spacial score (nSPS) is 9.83. The first kappa shape index (κ1) is 17.3. The Morgan fingerprint density at radius 1 is 1.17 bits per heavy atom. The fraction of sp³-hybridized carbons (Fsp3) is 0. The molecule has 0 saturated carbocycles. The van der Waals surface area contributed by atoms with Crippen LogP contribution in [0.1, 0.15) is 10.4 Å². The maximum absolute atomic E-state index is 11.9. The van der Waals surface area contributed by atoms with Gasteiger partial charge in [-0.2, -0.15) is 0 Å². The zero-order chi connectivity index (χ0) is 16.8. The van der Waals surface area contributed by atoms with Gasteiger partial charge in [-0.25, -0.2) is 9.78 Å². The Kier molecular flexibility index (Phi) is 6.03.